The Morgan fingerprint density at radius 1 is 1.08 bits per heavy atom. The van der Waals surface area contributed by atoms with Gasteiger partial charge >= 0.3 is 0 Å². The van der Waals surface area contributed by atoms with E-state index in [0.717, 1.165) is 28.4 Å². The summed E-state index contributed by atoms with van der Waals surface area (Å²) < 4.78 is 14.4. The molecule has 2 aromatic carbocycles. The van der Waals surface area contributed by atoms with Crippen molar-refractivity contribution in [2.75, 3.05) is 19.5 Å². The quantitative estimate of drug-likeness (QED) is 0.754. The van der Waals surface area contributed by atoms with Gasteiger partial charge in [0.2, 0.25) is 0 Å². The lowest BCUT2D eigenvalue weighted by Gasteiger charge is -2.10. The Hall–Kier alpha value is -2.93. The average Bonchev–Trinajstić information content (AvgIpc) is 3.12. The van der Waals surface area contributed by atoms with Gasteiger partial charge in [-0.3, -0.25) is 4.79 Å². The topological polar surface area (TPSA) is 73.3 Å². The van der Waals surface area contributed by atoms with E-state index in [1.807, 2.05) is 49.4 Å². The summed E-state index contributed by atoms with van der Waals surface area (Å²) in [5.41, 5.74) is 2.98. The Labute approximate surface area is 149 Å². The summed E-state index contributed by atoms with van der Waals surface area (Å²) in [6.45, 7) is 1.95. The zero-order valence-corrected chi connectivity index (χ0v) is 14.9. The van der Waals surface area contributed by atoms with Crippen LogP contribution in [0.1, 0.15) is 15.2 Å². The zero-order valence-electron chi connectivity index (χ0n) is 14.1. The molecule has 0 saturated carbocycles. The number of rotatable bonds is 5. The highest BCUT2D eigenvalue weighted by atomic mass is 32.1. The lowest BCUT2D eigenvalue weighted by atomic mass is 10.1. The molecular formula is C18H17N3O3S. The maximum atomic E-state index is 12.7. The predicted molar refractivity (Wildman–Crippen MR) is 97.6 cm³/mol. The van der Waals surface area contributed by atoms with E-state index in [2.05, 4.69) is 14.9 Å². The van der Waals surface area contributed by atoms with Crippen LogP contribution in [-0.4, -0.2) is 29.7 Å². The third-order valence-corrected chi connectivity index (χ3v) is 4.39. The summed E-state index contributed by atoms with van der Waals surface area (Å²) in [6.07, 6.45) is 0. The van der Waals surface area contributed by atoms with Gasteiger partial charge in [-0.05, 0) is 60.4 Å². The number of carbonyl (C=O) groups excluding carboxylic acids is 1. The Morgan fingerprint density at radius 2 is 1.84 bits per heavy atom. The second kappa shape index (κ2) is 7.31. The van der Waals surface area contributed by atoms with Crippen LogP contribution in [0.5, 0.6) is 11.5 Å². The molecule has 1 aromatic heterocycles. The fourth-order valence-corrected chi connectivity index (χ4v) is 2.96. The van der Waals surface area contributed by atoms with Gasteiger partial charge in [0.15, 0.2) is 0 Å². The van der Waals surface area contributed by atoms with Crippen LogP contribution in [0.15, 0.2) is 42.5 Å². The van der Waals surface area contributed by atoms with Gasteiger partial charge in [0.25, 0.3) is 5.91 Å². The smallest absolute Gasteiger partial charge is 0.269 e. The monoisotopic (exact) mass is 355 g/mol. The Kier molecular flexibility index (Phi) is 4.95. The second-order valence-electron chi connectivity index (χ2n) is 5.34. The molecule has 1 amide bonds. The third kappa shape index (κ3) is 3.61. The number of nitrogens with one attached hydrogen (secondary N) is 1. The van der Waals surface area contributed by atoms with Crippen molar-refractivity contribution in [2.24, 2.45) is 0 Å². The van der Waals surface area contributed by atoms with Crippen molar-refractivity contribution >= 4 is 23.1 Å². The standard InChI is InChI=1S/C18H17N3O3S/c1-11-4-9-15(24-3)14(10-11)19-18(22)17-16(20-21-25-17)12-5-7-13(23-2)8-6-12/h4-10H,1-3H3,(H,19,22). The Morgan fingerprint density at radius 3 is 2.52 bits per heavy atom. The molecule has 0 spiro atoms. The fourth-order valence-electron chi connectivity index (χ4n) is 2.38. The minimum absolute atomic E-state index is 0.273. The van der Waals surface area contributed by atoms with Crippen LogP contribution < -0.4 is 14.8 Å². The first kappa shape index (κ1) is 16.9. The summed E-state index contributed by atoms with van der Waals surface area (Å²) >= 11 is 1.05. The zero-order chi connectivity index (χ0) is 17.8. The van der Waals surface area contributed by atoms with E-state index in [1.165, 1.54) is 0 Å². The van der Waals surface area contributed by atoms with Crippen LogP contribution in [0.3, 0.4) is 0 Å². The first-order valence-corrected chi connectivity index (χ1v) is 8.32. The predicted octanol–water partition coefficient (Wildman–Crippen LogP) is 3.78. The number of nitrogens with zero attached hydrogens (tertiary/aromatic N) is 2. The van der Waals surface area contributed by atoms with Gasteiger partial charge in [-0.25, -0.2) is 0 Å². The van der Waals surface area contributed by atoms with Crippen molar-refractivity contribution in [1.29, 1.82) is 0 Å². The van der Waals surface area contributed by atoms with Gasteiger partial charge in [-0.15, -0.1) is 5.10 Å². The molecule has 25 heavy (non-hydrogen) atoms. The SMILES string of the molecule is COc1ccc(-c2nnsc2C(=O)Nc2cc(C)ccc2OC)cc1. The van der Waals surface area contributed by atoms with Crippen LogP contribution in [0.2, 0.25) is 0 Å². The second-order valence-corrected chi connectivity index (χ2v) is 6.09. The maximum Gasteiger partial charge on any atom is 0.269 e. The van der Waals surface area contributed by atoms with E-state index in [1.54, 1.807) is 14.2 Å². The molecule has 0 atom stereocenters. The van der Waals surface area contributed by atoms with E-state index in [0.29, 0.717) is 22.0 Å². The number of methoxy groups -OCH3 is 2. The van der Waals surface area contributed by atoms with Crippen molar-refractivity contribution in [2.45, 2.75) is 6.92 Å². The molecule has 6 nitrogen and oxygen atoms in total. The van der Waals surface area contributed by atoms with Crippen LogP contribution in [0.25, 0.3) is 11.3 Å². The molecule has 128 valence electrons. The summed E-state index contributed by atoms with van der Waals surface area (Å²) in [5.74, 6) is 1.06. The van der Waals surface area contributed by atoms with Crippen molar-refractivity contribution in [3.05, 3.63) is 52.9 Å². The largest absolute Gasteiger partial charge is 0.497 e. The minimum atomic E-state index is -0.273. The maximum absolute atomic E-state index is 12.7. The molecule has 3 aromatic rings. The van der Waals surface area contributed by atoms with Crippen molar-refractivity contribution in [3.8, 4) is 22.8 Å². The highest BCUT2D eigenvalue weighted by Gasteiger charge is 2.19. The van der Waals surface area contributed by atoms with Crippen LogP contribution in [0, 0.1) is 6.92 Å². The number of anilines is 1. The summed E-state index contributed by atoms with van der Waals surface area (Å²) in [7, 11) is 3.17. The number of aryl methyl sites for hydroxylation is 1. The first-order chi connectivity index (χ1) is 12.1. The van der Waals surface area contributed by atoms with Crippen LogP contribution >= 0.6 is 11.5 Å². The van der Waals surface area contributed by atoms with Gasteiger partial charge in [-0.2, -0.15) is 0 Å². The summed E-state index contributed by atoms with van der Waals surface area (Å²) in [5, 5.41) is 6.98. The average molecular weight is 355 g/mol. The van der Waals surface area contributed by atoms with Crippen molar-refractivity contribution < 1.29 is 14.3 Å². The van der Waals surface area contributed by atoms with Gasteiger partial charge in [0, 0.05) is 5.56 Å². The number of hydrogen-bond donors (Lipinski definition) is 1. The molecule has 0 aliphatic rings. The van der Waals surface area contributed by atoms with E-state index >= 15 is 0 Å². The molecule has 3 rings (SSSR count). The number of benzene rings is 2. The number of amides is 1. The molecule has 0 saturated heterocycles. The number of ether oxygens (including phenoxy) is 2. The van der Waals surface area contributed by atoms with E-state index in [4.69, 9.17) is 9.47 Å². The highest BCUT2D eigenvalue weighted by Crippen LogP contribution is 2.29. The number of hydrogen-bond acceptors (Lipinski definition) is 6. The van der Waals surface area contributed by atoms with Gasteiger partial charge in [0.05, 0.1) is 19.9 Å². The molecule has 0 aliphatic carbocycles. The lowest BCUT2D eigenvalue weighted by molar-refractivity contribution is 0.103. The van der Waals surface area contributed by atoms with E-state index in [-0.39, 0.29) is 5.91 Å². The van der Waals surface area contributed by atoms with Gasteiger partial charge in [-0.1, -0.05) is 10.6 Å². The molecule has 0 bridgehead atoms. The molecule has 0 fully saturated rings. The normalized spacial score (nSPS) is 10.4. The lowest BCUT2D eigenvalue weighted by Crippen LogP contribution is -2.12. The molecule has 1 N–H and O–H groups in total. The molecule has 1 heterocycles. The first-order valence-electron chi connectivity index (χ1n) is 7.55. The minimum Gasteiger partial charge on any atom is -0.497 e. The fraction of sp³-hybridized carbons (Fsp3) is 0.167. The number of carbonyl (C=O) groups is 1. The molecule has 0 aliphatic heterocycles. The summed E-state index contributed by atoms with van der Waals surface area (Å²) in [6, 6.07) is 12.9. The summed E-state index contributed by atoms with van der Waals surface area (Å²) in [4.78, 5) is 13.1. The van der Waals surface area contributed by atoms with E-state index < -0.39 is 0 Å². The van der Waals surface area contributed by atoms with Crippen LogP contribution in [0.4, 0.5) is 5.69 Å². The Balaban J connectivity index is 1.89. The molecular weight excluding hydrogens is 338 g/mol. The number of aromatic nitrogens is 2. The van der Waals surface area contributed by atoms with E-state index in [9.17, 15) is 4.79 Å². The van der Waals surface area contributed by atoms with Crippen LogP contribution in [-0.2, 0) is 0 Å². The van der Waals surface area contributed by atoms with Crippen molar-refractivity contribution in [1.82, 2.24) is 9.59 Å². The third-order valence-electron chi connectivity index (χ3n) is 3.66. The van der Waals surface area contributed by atoms with Gasteiger partial charge in [0.1, 0.15) is 22.1 Å². The highest BCUT2D eigenvalue weighted by molar-refractivity contribution is 7.08. The molecule has 0 radical (unpaired) electrons. The molecule has 7 heteroatoms. The molecule has 0 unspecified atom stereocenters. The Bertz CT molecular complexity index is 891. The van der Waals surface area contributed by atoms with Gasteiger partial charge < -0.3 is 14.8 Å². The van der Waals surface area contributed by atoms with Crippen molar-refractivity contribution in [3.63, 3.8) is 0 Å².